The molecule has 1 aromatic heterocycles. The van der Waals surface area contributed by atoms with Crippen molar-refractivity contribution < 1.29 is 32.8 Å². The molecule has 1 aliphatic heterocycles. The molecule has 21 heavy (non-hydrogen) atoms. The number of alkyl halides is 3. The van der Waals surface area contributed by atoms with Crippen LogP contribution in [0.25, 0.3) is 0 Å². The lowest BCUT2D eigenvalue weighted by Gasteiger charge is -2.17. The number of nitrogens with zero attached hydrogens (tertiary/aromatic N) is 1. The van der Waals surface area contributed by atoms with Gasteiger partial charge in [0.15, 0.2) is 6.04 Å². The first-order valence-electron chi connectivity index (χ1n) is 6.05. The van der Waals surface area contributed by atoms with Crippen LogP contribution in [0, 0.1) is 0 Å². The van der Waals surface area contributed by atoms with Crippen molar-refractivity contribution in [1.29, 1.82) is 0 Å². The van der Waals surface area contributed by atoms with Crippen LogP contribution < -0.4 is 9.88 Å². The van der Waals surface area contributed by atoms with Gasteiger partial charge >= 0.3 is 12.1 Å². The zero-order chi connectivity index (χ0) is 15.8. The number of methoxy groups -OCH3 is 1. The minimum atomic E-state index is -4.52. The van der Waals surface area contributed by atoms with Gasteiger partial charge in [0, 0.05) is 6.42 Å². The Morgan fingerprint density at radius 2 is 2.24 bits per heavy atom. The quantitative estimate of drug-likeness (QED) is 0.832. The van der Waals surface area contributed by atoms with E-state index < -0.39 is 29.9 Å². The summed E-state index contributed by atoms with van der Waals surface area (Å²) >= 11 is 5.87. The van der Waals surface area contributed by atoms with Crippen LogP contribution >= 0.6 is 11.6 Å². The van der Waals surface area contributed by atoms with Crippen molar-refractivity contribution in [1.82, 2.24) is 0 Å². The molecular formula is C12H13ClF3N2O3+. The van der Waals surface area contributed by atoms with Crippen LogP contribution in [0.2, 0.25) is 5.02 Å². The third-order valence-electron chi connectivity index (χ3n) is 3.24. The Bertz CT molecular complexity index is 553. The molecule has 0 bridgehead atoms. The van der Waals surface area contributed by atoms with Crippen molar-refractivity contribution in [2.75, 3.05) is 18.6 Å². The Hall–Kier alpha value is -1.54. The number of halogens is 4. The van der Waals surface area contributed by atoms with Gasteiger partial charge < -0.3 is 9.84 Å². The number of hydrogen-bond acceptors (Lipinski definition) is 4. The van der Waals surface area contributed by atoms with Crippen molar-refractivity contribution in [3.63, 3.8) is 0 Å². The summed E-state index contributed by atoms with van der Waals surface area (Å²) in [7, 11) is 1.20. The van der Waals surface area contributed by atoms with E-state index in [1.165, 1.54) is 12.0 Å². The molecule has 2 rings (SSSR count). The lowest BCUT2D eigenvalue weighted by Crippen LogP contribution is -2.40. The number of aromatic nitrogens is 1. The number of esters is 1. The Kier molecular flexibility index (Phi) is 4.29. The normalized spacial score (nSPS) is 22.5. The van der Waals surface area contributed by atoms with Crippen LogP contribution in [-0.2, 0) is 15.7 Å². The molecule has 1 aliphatic rings. The Balaban J connectivity index is 2.34. The van der Waals surface area contributed by atoms with Crippen molar-refractivity contribution in [2.24, 2.45) is 0 Å². The van der Waals surface area contributed by atoms with Gasteiger partial charge in [0.25, 0.3) is 5.82 Å². The third-order valence-corrected chi connectivity index (χ3v) is 3.53. The van der Waals surface area contributed by atoms with E-state index in [9.17, 15) is 23.1 Å². The summed E-state index contributed by atoms with van der Waals surface area (Å²) in [5.41, 5.74) is -0.925. The number of pyridine rings is 1. The molecular weight excluding hydrogens is 313 g/mol. The fourth-order valence-electron chi connectivity index (χ4n) is 2.27. The van der Waals surface area contributed by atoms with Crippen molar-refractivity contribution in [3.8, 4) is 0 Å². The molecule has 0 aromatic carbocycles. The second kappa shape index (κ2) is 5.69. The maximum atomic E-state index is 12.6. The summed E-state index contributed by atoms with van der Waals surface area (Å²) in [5, 5.41) is 9.48. The van der Waals surface area contributed by atoms with Crippen LogP contribution in [-0.4, -0.2) is 36.9 Å². The monoisotopic (exact) mass is 325 g/mol. The van der Waals surface area contributed by atoms with E-state index in [0.29, 0.717) is 0 Å². The summed E-state index contributed by atoms with van der Waals surface area (Å²) in [6.07, 6.45) is -4.43. The van der Waals surface area contributed by atoms with Crippen LogP contribution in [0.5, 0.6) is 0 Å². The number of aliphatic hydroxyl groups excluding tert-OH is 1. The minimum Gasteiger partial charge on any atom is -0.466 e. The Morgan fingerprint density at radius 1 is 1.57 bits per heavy atom. The topological polar surface area (TPSA) is 63.9 Å². The average Bonchev–Trinajstić information content (AvgIpc) is 2.78. The van der Waals surface area contributed by atoms with Crippen molar-refractivity contribution in [2.45, 2.75) is 24.7 Å². The minimum absolute atomic E-state index is 0.0708. The highest BCUT2D eigenvalue weighted by molar-refractivity contribution is 6.32. The molecule has 1 aromatic rings. The van der Waals surface area contributed by atoms with E-state index in [4.69, 9.17) is 11.6 Å². The van der Waals surface area contributed by atoms with Crippen LogP contribution in [0.4, 0.5) is 19.0 Å². The fourth-order valence-corrected chi connectivity index (χ4v) is 2.55. The number of carbonyl (C=O) groups is 1. The number of aliphatic hydroxyl groups is 1. The first-order chi connectivity index (χ1) is 9.74. The molecule has 0 unspecified atom stereocenters. The van der Waals surface area contributed by atoms with E-state index in [2.05, 4.69) is 9.72 Å². The highest BCUT2D eigenvalue weighted by Gasteiger charge is 2.44. The second-order valence-electron chi connectivity index (χ2n) is 4.66. The SMILES string of the molecule is COC(=O)[C@H]1C[C@@H](O)CN1c1[nH+]cc(C(F)(F)F)cc1Cl. The van der Waals surface area contributed by atoms with E-state index >= 15 is 0 Å². The molecule has 0 radical (unpaired) electrons. The molecule has 9 heteroatoms. The molecule has 1 saturated heterocycles. The predicted molar refractivity (Wildman–Crippen MR) is 66.8 cm³/mol. The van der Waals surface area contributed by atoms with Gasteiger partial charge in [0.2, 0.25) is 0 Å². The number of hydrogen-bond donors (Lipinski definition) is 1. The van der Waals surface area contributed by atoms with Gasteiger partial charge in [-0.05, 0) is 6.07 Å². The molecule has 0 spiro atoms. The van der Waals surface area contributed by atoms with E-state index in [1.807, 2.05) is 0 Å². The molecule has 0 aliphatic carbocycles. The maximum Gasteiger partial charge on any atom is 0.419 e. The summed E-state index contributed by atoms with van der Waals surface area (Å²) in [5.74, 6) is -0.451. The lowest BCUT2D eigenvalue weighted by molar-refractivity contribution is -0.367. The van der Waals surface area contributed by atoms with Gasteiger partial charge in [0.1, 0.15) is 17.8 Å². The number of aromatic amines is 1. The molecule has 0 amide bonds. The summed E-state index contributed by atoms with van der Waals surface area (Å²) < 4.78 is 42.4. The van der Waals surface area contributed by atoms with Gasteiger partial charge in [-0.15, -0.1) is 0 Å². The fraction of sp³-hybridized carbons (Fsp3) is 0.500. The lowest BCUT2D eigenvalue weighted by atomic mass is 10.2. The van der Waals surface area contributed by atoms with Crippen LogP contribution in [0.1, 0.15) is 12.0 Å². The maximum absolute atomic E-state index is 12.6. The van der Waals surface area contributed by atoms with E-state index in [1.54, 1.807) is 0 Å². The summed E-state index contributed by atoms with van der Waals surface area (Å²) in [6.45, 7) is 0.0708. The number of ether oxygens (including phenoxy) is 1. The van der Waals surface area contributed by atoms with E-state index in [-0.39, 0.29) is 23.8 Å². The molecule has 116 valence electrons. The highest BCUT2D eigenvalue weighted by Crippen LogP contribution is 2.34. The van der Waals surface area contributed by atoms with Gasteiger partial charge in [-0.1, -0.05) is 11.6 Å². The summed E-state index contributed by atoms with van der Waals surface area (Å²) in [6, 6.07) is -0.0256. The van der Waals surface area contributed by atoms with Gasteiger partial charge in [-0.25, -0.2) is 14.7 Å². The first kappa shape index (κ1) is 15.8. The number of β-amino-alcohol motifs (C(OH)–C–C–N with tert-alkyl or cyclic N) is 1. The Labute approximate surface area is 123 Å². The zero-order valence-electron chi connectivity index (χ0n) is 10.9. The van der Waals surface area contributed by atoms with E-state index in [0.717, 1.165) is 12.3 Å². The largest absolute Gasteiger partial charge is 0.466 e. The zero-order valence-corrected chi connectivity index (χ0v) is 11.7. The van der Waals surface area contributed by atoms with Crippen LogP contribution in [0.3, 0.4) is 0 Å². The second-order valence-corrected chi connectivity index (χ2v) is 5.07. The molecule has 1 fully saturated rings. The summed E-state index contributed by atoms with van der Waals surface area (Å²) in [4.78, 5) is 15.5. The van der Waals surface area contributed by atoms with Crippen molar-refractivity contribution in [3.05, 3.63) is 22.8 Å². The molecule has 2 atom stereocenters. The van der Waals surface area contributed by atoms with Crippen molar-refractivity contribution >= 4 is 23.4 Å². The number of anilines is 1. The Morgan fingerprint density at radius 3 is 2.76 bits per heavy atom. The smallest absolute Gasteiger partial charge is 0.419 e. The molecule has 5 nitrogen and oxygen atoms in total. The number of carbonyl (C=O) groups excluding carboxylic acids is 1. The number of nitrogens with one attached hydrogen (secondary N) is 1. The predicted octanol–water partition coefficient (Wildman–Crippen LogP) is 1.29. The highest BCUT2D eigenvalue weighted by atomic mass is 35.5. The molecule has 0 saturated carbocycles. The molecule has 2 N–H and O–H groups in total. The standard InChI is InChI=1S/C12H12ClF3N2O3/c1-21-11(20)9-3-7(19)5-18(9)10-8(13)2-6(4-17-10)12(14,15)16/h2,4,7,9,19H,3,5H2,1H3/p+1/t7-,9-/m1/s1. The first-order valence-corrected chi connectivity index (χ1v) is 6.42. The van der Waals surface area contributed by atoms with Crippen LogP contribution in [0.15, 0.2) is 12.3 Å². The number of H-pyrrole nitrogens is 1. The molecule has 2 heterocycles. The van der Waals surface area contributed by atoms with Gasteiger partial charge in [-0.2, -0.15) is 13.2 Å². The third kappa shape index (κ3) is 3.21. The van der Waals surface area contributed by atoms with Gasteiger partial charge in [-0.3, -0.25) is 0 Å². The van der Waals surface area contributed by atoms with Gasteiger partial charge in [0.05, 0.1) is 18.8 Å². The average molecular weight is 326 g/mol. The number of rotatable bonds is 2.